The Labute approximate surface area is 109 Å². The Morgan fingerprint density at radius 2 is 2.37 bits per heavy atom. The van der Waals surface area contributed by atoms with Gasteiger partial charge >= 0.3 is 0 Å². The molecule has 0 saturated carbocycles. The lowest BCUT2D eigenvalue weighted by Crippen LogP contribution is -2.09. The number of ketones is 1. The van der Waals surface area contributed by atoms with E-state index in [0.717, 1.165) is 5.56 Å². The summed E-state index contributed by atoms with van der Waals surface area (Å²) in [6.07, 6.45) is 2.95. The minimum absolute atomic E-state index is 0.105. The van der Waals surface area contributed by atoms with Gasteiger partial charge in [0.05, 0.1) is 12.2 Å². The molecule has 100 valence electrons. The van der Waals surface area contributed by atoms with Gasteiger partial charge in [0.15, 0.2) is 12.0 Å². The molecule has 3 rings (SSSR count). The number of carbonyl (C=O) groups excluding carboxylic acids is 1. The summed E-state index contributed by atoms with van der Waals surface area (Å²) in [5.74, 6) is 0.179. The summed E-state index contributed by atoms with van der Waals surface area (Å²) >= 11 is 0. The third-order valence-corrected chi connectivity index (χ3v) is 3.34. The highest BCUT2D eigenvalue weighted by atomic mass is 19.1. The van der Waals surface area contributed by atoms with Crippen molar-refractivity contribution in [3.63, 3.8) is 0 Å². The highest BCUT2D eigenvalue weighted by Crippen LogP contribution is 2.39. The predicted molar refractivity (Wildman–Crippen MR) is 64.5 cm³/mol. The maximum atomic E-state index is 14.0. The second kappa shape index (κ2) is 4.25. The molecule has 0 unspecified atom stereocenters. The van der Waals surface area contributed by atoms with Crippen LogP contribution in [0.25, 0.3) is 0 Å². The molecule has 0 radical (unpaired) electrons. The normalized spacial score (nSPS) is 21.6. The number of hydrogen-bond donors (Lipinski definition) is 0. The number of rotatable bonds is 3. The lowest BCUT2D eigenvalue weighted by atomic mass is 10.1. The fourth-order valence-electron chi connectivity index (χ4n) is 2.35. The van der Waals surface area contributed by atoms with Crippen LogP contribution in [0.1, 0.15) is 54.0 Å². The van der Waals surface area contributed by atoms with Crippen LogP contribution in [0, 0.1) is 0 Å². The van der Waals surface area contributed by atoms with Gasteiger partial charge in [0.1, 0.15) is 0 Å². The van der Waals surface area contributed by atoms with Crippen LogP contribution in [0.15, 0.2) is 12.4 Å². The first kappa shape index (κ1) is 12.0. The van der Waals surface area contributed by atoms with Gasteiger partial charge < -0.3 is 0 Å². The minimum Gasteiger partial charge on any atom is -0.291 e. The van der Waals surface area contributed by atoms with E-state index in [1.165, 1.54) is 4.68 Å². The van der Waals surface area contributed by atoms with E-state index >= 15 is 0 Å². The Morgan fingerprint density at radius 3 is 3.00 bits per heavy atom. The van der Waals surface area contributed by atoms with Crippen molar-refractivity contribution in [2.75, 3.05) is 0 Å². The van der Waals surface area contributed by atoms with E-state index in [9.17, 15) is 9.18 Å². The summed E-state index contributed by atoms with van der Waals surface area (Å²) in [6.45, 7) is 1.74. The van der Waals surface area contributed by atoms with E-state index in [0.29, 0.717) is 12.8 Å². The van der Waals surface area contributed by atoms with Crippen LogP contribution in [-0.4, -0.2) is 30.3 Å². The van der Waals surface area contributed by atoms with Crippen molar-refractivity contribution < 1.29 is 9.18 Å². The van der Waals surface area contributed by atoms with Gasteiger partial charge in [-0.05, 0) is 0 Å². The fourth-order valence-corrected chi connectivity index (χ4v) is 2.35. The van der Waals surface area contributed by atoms with Crippen molar-refractivity contribution in [1.29, 1.82) is 0 Å². The maximum Gasteiger partial charge on any atom is 0.217 e. The van der Waals surface area contributed by atoms with E-state index < -0.39 is 6.17 Å². The lowest BCUT2D eigenvalue weighted by molar-refractivity contribution is 0.0977. The summed E-state index contributed by atoms with van der Waals surface area (Å²) in [6, 6.07) is -0.232. The molecule has 0 aromatic carbocycles. The Hall–Kier alpha value is -2.05. The number of halogens is 1. The van der Waals surface area contributed by atoms with Crippen molar-refractivity contribution in [3.8, 4) is 0 Å². The average Bonchev–Trinajstić information content (AvgIpc) is 3.06. The van der Waals surface area contributed by atoms with E-state index in [4.69, 9.17) is 0 Å². The Morgan fingerprint density at radius 1 is 1.58 bits per heavy atom. The van der Waals surface area contributed by atoms with Crippen LogP contribution in [-0.2, 0) is 7.05 Å². The third-order valence-electron chi connectivity index (χ3n) is 3.34. The van der Waals surface area contributed by atoms with Crippen molar-refractivity contribution in [2.45, 2.75) is 32.0 Å². The van der Waals surface area contributed by atoms with Gasteiger partial charge in [0.2, 0.25) is 11.6 Å². The van der Waals surface area contributed by atoms with Gasteiger partial charge in [0, 0.05) is 31.6 Å². The van der Waals surface area contributed by atoms with Crippen molar-refractivity contribution in [3.05, 3.63) is 29.6 Å². The van der Waals surface area contributed by atoms with E-state index in [2.05, 4.69) is 15.2 Å². The van der Waals surface area contributed by atoms with Crippen LogP contribution in [0.4, 0.5) is 4.39 Å². The number of aromatic nitrogens is 5. The number of fused-ring (bicyclic) bond motifs is 1. The largest absolute Gasteiger partial charge is 0.291 e. The van der Waals surface area contributed by atoms with Crippen LogP contribution >= 0.6 is 0 Å². The zero-order chi connectivity index (χ0) is 13.6. The molecule has 2 aromatic rings. The van der Waals surface area contributed by atoms with E-state index in [1.54, 1.807) is 24.9 Å². The summed E-state index contributed by atoms with van der Waals surface area (Å²) in [5.41, 5.74) is 0.879. The number of nitrogens with zero attached hydrogens (tertiary/aromatic N) is 5. The van der Waals surface area contributed by atoms with Crippen LogP contribution in [0.3, 0.4) is 0 Å². The molecule has 7 heteroatoms. The zero-order valence-electron chi connectivity index (χ0n) is 10.7. The highest BCUT2D eigenvalue weighted by Gasteiger charge is 2.36. The van der Waals surface area contributed by atoms with Gasteiger partial charge in [-0.25, -0.2) is 14.1 Å². The number of carbonyl (C=O) groups is 1. The third kappa shape index (κ3) is 1.85. The first-order chi connectivity index (χ1) is 9.10. The number of alkyl halides is 1. The molecule has 0 amide bonds. The first-order valence-corrected chi connectivity index (χ1v) is 6.22. The topological polar surface area (TPSA) is 65.6 Å². The zero-order valence-corrected chi connectivity index (χ0v) is 10.7. The van der Waals surface area contributed by atoms with Crippen LogP contribution < -0.4 is 0 Å². The molecule has 1 aliphatic heterocycles. The van der Waals surface area contributed by atoms with E-state index in [-0.39, 0.29) is 23.5 Å². The number of hydrogen-bond acceptors (Lipinski definition) is 4. The second-order valence-electron chi connectivity index (χ2n) is 4.68. The van der Waals surface area contributed by atoms with Crippen molar-refractivity contribution >= 4 is 5.78 Å². The molecule has 0 saturated heterocycles. The monoisotopic (exact) mass is 263 g/mol. The average molecular weight is 263 g/mol. The van der Waals surface area contributed by atoms with Gasteiger partial charge in [-0.3, -0.25) is 9.48 Å². The lowest BCUT2D eigenvalue weighted by Gasteiger charge is -2.07. The molecule has 0 spiro atoms. The highest BCUT2D eigenvalue weighted by molar-refractivity contribution is 5.92. The maximum absolute atomic E-state index is 14.0. The molecule has 0 fully saturated rings. The molecule has 0 aliphatic carbocycles. The molecule has 0 bridgehead atoms. The minimum atomic E-state index is -1.18. The van der Waals surface area contributed by atoms with E-state index in [1.807, 2.05) is 6.20 Å². The van der Waals surface area contributed by atoms with Gasteiger partial charge in [-0.1, -0.05) is 6.92 Å². The second-order valence-corrected chi connectivity index (χ2v) is 4.68. The Bertz CT molecular complexity index is 632. The molecular formula is C12H14FN5O. The predicted octanol–water partition coefficient (Wildman–Crippen LogP) is 1.61. The molecular weight excluding hydrogens is 249 g/mol. The summed E-state index contributed by atoms with van der Waals surface area (Å²) in [4.78, 5) is 15.6. The Kier molecular flexibility index (Phi) is 2.69. The molecule has 3 heterocycles. The molecule has 1 aliphatic rings. The molecule has 6 nitrogen and oxygen atoms in total. The first-order valence-electron chi connectivity index (χ1n) is 6.22. The summed E-state index contributed by atoms with van der Waals surface area (Å²) in [7, 11) is 1.81. The number of Topliss-reactive ketones (excluding diaryl/α,β-unsaturated/α-hetero) is 1. The standard InChI is InChI=1S/C12H14FN5O/c1-3-10(19)11-15-12-8(13)4-9(18(12)16-11)7-5-14-17(2)6-7/h5-6,8-9H,3-4H2,1-2H3/t8-,9-/m0/s1. The Balaban J connectivity index is 2.01. The number of aryl methyl sites for hydroxylation is 1. The van der Waals surface area contributed by atoms with Gasteiger partial charge in [0.25, 0.3) is 0 Å². The smallest absolute Gasteiger partial charge is 0.217 e. The fraction of sp³-hybridized carbons (Fsp3) is 0.500. The quantitative estimate of drug-likeness (QED) is 0.789. The van der Waals surface area contributed by atoms with Gasteiger partial charge in [-0.2, -0.15) is 5.10 Å². The van der Waals surface area contributed by atoms with Crippen molar-refractivity contribution in [1.82, 2.24) is 24.5 Å². The van der Waals surface area contributed by atoms with Crippen LogP contribution in [0.2, 0.25) is 0 Å². The molecule has 2 aromatic heterocycles. The van der Waals surface area contributed by atoms with Gasteiger partial charge in [-0.15, -0.1) is 5.10 Å². The van der Waals surface area contributed by atoms with Crippen LogP contribution in [0.5, 0.6) is 0 Å². The molecule has 0 N–H and O–H groups in total. The molecule has 19 heavy (non-hydrogen) atoms. The molecule has 2 atom stereocenters. The summed E-state index contributed by atoms with van der Waals surface area (Å²) < 4.78 is 17.2. The van der Waals surface area contributed by atoms with Crippen molar-refractivity contribution in [2.24, 2.45) is 7.05 Å². The summed E-state index contributed by atoms with van der Waals surface area (Å²) in [5, 5.41) is 8.24. The SMILES string of the molecule is CCC(=O)c1nc2n(n1)[C@H](c1cnn(C)c1)C[C@@H]2F.